The van der Waals surface area contributed by atoms with Crippen molar-refractivity contribution in [1.29, 1.82) is 5.26 Å². The van der Waals surface area contributed by atoms with Crippen LogP contribution in [0.3, 0.4) is 0 Å². The number of fused-ring (bicyclic) bond motifs is 17. The van der Waals surface area contributed by atoms with E-state index in [0.717, 1.165) is 171 Å². The predicted molar refractivity (Wildman–Crippen MR) is 390 cm³/mol. The molecule has 0 bridgehead atoms. The normalized spacial score (nSPS) is 12.6. The van der Waals surface area contributed by atoms with Crippen molar-refractivity contribution in [2.75, 3.05) is 0 Å². The first-order valence-electron chi connectivity index (χ1n) is 31.6. The quantitative estimate of drug-likeness (QED) is 0.140. The molecule has 13 aromatic carbocycles. The van der Waals surface area contributed by atoms with Crippen molar-refractivity contribution >= 4 is 130 Å². The van der Waals surface area contributed by atoms with Gasteiger partial charge in [0.05, 0.1) is 67.6 Å². The topological polar surface area (TPSA) is 47.9 Å². The minimum Gasteiger partial charge on any atom is -0.318 e. The Balaban J connectivity index is 1.08. The molecule has 0 atom stereocenters. The third-order valence-corrected chi connectivity index (χ3v) is 20.6. The van der Waals surface area contributed by atoms with Gasteiger partial charge in [-0.15, -0.1) is 11.3 Å². The van der Waals surface area contributed by atoms with E-state index < -0.39 is 0 Å². The van der Waals surface area contributed by atoms with Crippen molar-refractivity contribution < 1.29 is 0 Å². The second-order valence-electron chi connectivity index (χ2n) is 24.3. The summed E-state index contributed by atoms with van der Waals surface area (Å²) in [4.78, 5) is 4.91. The molecular formula is C86H52N6S. The number of hydrogen-bond acceptors (Lipinski definition) is 2. The van der Waals surface area contributed by atoms with Crippen LogP contribution in [-0.2, 0) is 0 Å². The number of rotatable bonds is 8. The highest BCUT2D eigenvalue weighted by atomic mass is 32.1. The second-order valence-corrected chi connectivity index (χ2v) is 25.4. The van der Waals surface area contributed by atoms with E-state index in [0.29, 0.717) is 23.2 Å². The lowest BCUT2D eigenvalue weighted by molar-refractivity contribution is 1.03. The Morgan fingerprint density at radius 1 is 0.376 bits per heavy atom. The number of hydrogen-bond donors (Lipinski definition) is 0. The monoisotopic (exact) mass is 1200 g/mol. The van der Waals surface area contributed by atoms with Crippen molar-refractivity contribution in [3.8, 4) is 62.2 Å². The molecule has 93 heavy (non-hydrogen) atoms. The van der Waals surface area contributed by atoms with Crippen molar-refractivity contribution in [2.24, 2.45) is 0 Å². The van der Waals surface area contributed by atoms with Crippen LogP contribution >= 0.6 is 11.3 Å². The first-order chi connectivity index (χ1) is 46.1. The Hall–Kier alpha value is -12.3. The highest BCUT2D eigenvalue weighted by Crippen LogP contribution is 2.55. The zero-order chi connectivity index (χ0) is 61.4. The van der Waals surface area contributed by atoms with E-state index in [9.17, 15) is 11.8 Å². The van der Waals surface area contributed by atoms with Gasteiger partial charge in [0.2, 0.25) is 5.69 Å². The number of aromatic nitrogens is 4. The molecule has 0 amide bonds. The number of benzene rings is 13. The average Bonchev–Trinajstić information content (AvgIpc) is 1.57. The van der Waals surface area contributed by atoms with Crippen molar-refractivity contribution in [1.82, 2.24) is 18.3 Å². The number of para-hydroxylation sites is 4. The van der Waals surface area contributed by atoms with Gasteiger partial charge >= 0.3 is 0 Å². The van der Waals surface area contributed by atoms with Crippen LogP contribution in [-0.4, -0.2) is 18.3 Å². The summed E-state index contributed by atoms with van der Waals surface area (Å²) in [5.74, 6) is 0. The van der Waals surface area contributed by atoms with Gasteiger partial charge < -0.3 is 18.3 Å². The highest BCUT2D eigenvalue weighted by Gasteiger charge is 2.35. The minimum atomic E-state index is 0.410. The SMILES string of the molecule is [C-]#[N+]c1c(-c2ccc3sc4ccccc4c3c2)c(C#N)c(-n2c3ccc(-c4ccccc4)cc3c3ccc4c(c5ccccc5n4-c4ccccc4)c32)c(C2=CC=CCC2)c1-n1c2ccc(-c3ccccc3)cc2c2ccc3c(c4ccccc4n3-c3ccccc3)c21. The second kappa shape index (κ2) is 20.6. The Morgan fingerprint density at radius 3 is 1.38 bits per heavy atom. The Kier molecular flexibility index (Phi) is 11.7. The molecule has 0 saturated carbocycles. The number of allylic oxidation sites excluding steroid dienone is 4. The standard InChI is InChI=1S/C86H52N6S/c1-88-82-78(58-41-48-77-68(51-58)61-33-19-22-38-76(61)93-77)69(52-87)85(91-72-44-39-56(53-23-7-2-8-24-53)49-66(72)62-42-46-74-80(83(62)91)64-34-17-20-36-70(64)89(74)59-29-13-5-14-30-59)79(55-27-11-4-12-28-55)86(82)92-73-45-40-57(54-25-9-3-10-26-54)50-67(73)63-43-47-75-81(84(63)92)65-35-18-21-37-71(65)90(75)60-31-15-6-16-32-60/h2-11,13-27,29-51H,12,28H2. The maximum atomic E-state index is 12.9. The van der Waals surface area contributed by atoms with Crippen LogP contribution in [0.2, 0.25) is 0 Å². The van der Waals surface area contributed by atoms with Gasteiger partial charge in [0, 0.05) is 85.8 Å². The number of nitriles is 1. The Morgan fingerprint density at radius 2 is 0.839 bits per heavy atom. The zero-order valence-electron chi connectivity index (χ0n) is 50.2. The lowest BCUT2D eigenvalue weighted by Gasteiger charge is -2.27. The molecule has 1 aliphatic carbocycles. The summed E-state index contributed by atoms with van der Waals surface area (Å²) in [6, 6.07) is 101. The molecule has 5 heterocycles. The molecule has 19 rings (SSSR count). The largest absolute Gasteiger partial charge is 0.318 e. The molecule has 0 saturated heterocycles. The van der Waals surface area contributed by atoms with E-state index in [1.54, 1.807) is 11.3 Å². The van der Waals surface area contributed by atoms with Gasteiger partial charge in [-0.2, -0.15) is 5.26 Å². The van der Waals surface area contributed by atoms with Crippen molar-refractivity contribution in [2.45, 2.75) is 12.8 Å². The summed E-state index contributed by atoms with van der Waals surface area (Å²) in [5, 5.41) is 23.7. The Labute approximate surface area is 538 Å². The number of thiophene rings is 1. The molecule has 7 heteroatoms. The van der Waals surface area contributed by atoms with Gasteiger partial charge in [-0.05, 0) is 137 Å². The molecule has 0 N–H and O–H groups in total. The molecule has 0 radical (unpaired) electrons. The molecule has 0 unspecified atom stereocenters. The van der Waals surface area contributed by atoms with E-state index in [1.165, 1.54) is 4.70 Å². The van der Waals surface area contributed by atoms with Crippen LogP contribution in [0, 0.1) is 17.9 Å². The molecule has 5 aromatic heterocycles. The van der Waals surface area contributed by atoms with E-state index in [-0.39, 0.29) is 0 Å². The first-order valence-corrected chi connectivity index (χ1v) is 32.5. The maximum Gasteiger partial charge on any atom is 0.220 e. The fourth-order valence-electron chi connectivity index (χ4n) is 15.6. The van der Waals surface area contributed by atoms with Crippen molar-refractivity contribution in [3.63, 3.8) is 0 Å². The highest BCUT2D eigenvalue weighted by molar-refractivity contribution is 7.25. The van der Waals surface area contributed by atoms with Crippen LogP contribution in [0.4, 0.5) is 5.69 Å². The van der Waals surface area contributed by atoms with Crippen molar-refractivity contribution in [3.05, 3.63) is 314 Å². The van der Waals surface area contributed by atoms with Crippen LogP contribution in [0.15, 0.2) is 291 Å². The smallest absolute Gasteiger partial charge is 0.220 e. The van der Waals surface area contributed by atoms with Gasteiger partial charge in [-0.1, -0.05) is 200 Å². The molecule has 0 aliphatic heterocycles. The maximum absolute atomic E-state index is 12.9. The van der Waals surface area contributed by atoms with Crippen LogP contribution < -0.4 is 0 Å². The zero-order valence-corrected chi connectivity index (χ0v) is 51.0. The first kappa shape index (κ1) is 52.7. The van der Waals surface area contributed by atoms with Gasteiger partial charge in [-0.3, -0.25) is 0 Å². The third-order valence-electron chi connectivity index (χ3n) is 19.5. The third kappa shape index (κ3) is 7.73. The Bertz CT molecular complexity index is 6040. The molecule has 0 spiro atoms. The predicted octanol–water partition coefficient (Wildman–Crippen LogP) is 23.6. The summed E-state index contributed by atoms with van der Waals surface area (Å²) in [6.45, 7) is 10.0. The average molecular weight is 1200 g/mol. The lowest BCUT2D eigenvalue weighted by atomic mass is 9.86. The minimum absolute atomic E-state index is 0.410. The molecule has 432 valence electrons. The van der Waals surface area contributed by atoms with Gasteiger partial charge in [0.1, 0.15) is 6.07 Å². The van der Waals surface area contributed by atoms with Crippen LogP contribution in [0.1, 0.15) is 24.0 Å². The van der Waals surface area contributed by atoms with E-state index >= 15 is 0 Å². The fourth-order valence-corrected chi connectivity index (χ4v) is 16.6. The van der Waals surface area contributed by atoms with E-state index in [4.69, 9.17) is 4.85 Å². The molecule has 6 nitrogen and oxygen atoms in total. The molecular weight excluding hydrogens is 1150 g/mol. The summed E-state index contributed by atoms with van der Waals surface area (Å²) < 4.78 is 12.0. The van der Waals surface area contributed by atoms with Gasteiger partial charge in [-0.25, -0.2) is 4.85 Å². The molecule has 1 aliphatic rings. The van der Waals surface area contributed by atoms with Gasteiger partial charge in [0.15, 0.2) is 0 Å². The summed E-state index contributed by atoms with van der Waals surface area (Å²) in [6.07, 6.45) is 8.10. The molecule has 0 fully saturated rings. The summed E-state index contributed by atoms with van der Waals surface area (Å²) >= 11 is 1.77. The molecule has 18 aromatic rings. The fraction of sp³-hybridized carbons (Fsp3) is 0.0233. The van der Waals surface area contributed by atoms with E-state index in [2.05, 4.69) is 316 Å². The van der Waals surface area contributed by atoms with Gasteiger partial charge in [0.25, 0.3) is 0 Å². The van der Waals surface area contributed by atoms with Crippen LogP contribution in [0.25, 0.3) is 174 Å². The van der Waals surface area contributed by atoms with E-state index in [1.807, 2.05) is 0 Å². The number of nitrogens with zero attached hydrogens (tertiary/aromatic N) is 6. The summed E-state index contributed by atoms with van der Waals surface area (Å²) in [7, 11) is 0. The summed E-state index contributed by atoms with van der Waals surface area (Å²) in [5.41, 5.74) is 20.2. The van der Waals surface area contributed by atoms with Crippen LogP contribution in [0.5, 0.6) is 0 Å². The lowest BCUT2D eigenvalue weighted by Crippen LogP contribution is -2.11.